The van der Waals surface area contributed by atoms with Crippen LogP contribution in [0, 0.1) is 5.41 Å². The third kappa shape index (κ3) is 4.24. The van der Waals surface area contributed by atoms with E-state index < -0.39 is 0 Å². The molecule has 0 radical (unpaired) electrons. The first-order chi connectivity index (χ1) is 11.1. The van der Waals surface area contributed by atoms with Crippen LogP contribution in [0.4, 0.5) is 0 Å². The largest absolute Gasteiger partial charge is 0.497 e. The summed E-state index contributed by atoms with van der Waals surface area (Å²) in [5.74, 6) is 1.04. The van der Waals surface area contributed by atoms with E-state index in [2.05, 4.69) is 5.32 Å². The minimum Gasteiger partial charge on any atom is -0.497 e. The second-order valence-corrected chi connectivity index (χ2v) is 6.13. The van der Waals surface area contributed by atoms with Gasteiger partial charge in [0.15, 0.2) is 0 Å². The van der Waals surface area contributed by atoms with Crippen LogP contribution in [-0.2, 0) is 16.1 Å². The maximum atomic E-state index is 13.2. The maximum absolute atomic E-state index is 13.2. The number of hydrogen-bond acceptors (Lipinski definition) is 4. The summed E-state index contributed by atoms with van der Waals surface area (Å²) in [7, 11) is 3.33. The van der Waals surface area contributed by atoms with Gasteiger partial charge in [0.2, 0.25) is 5.91 Å². The Morgan fingerprint density at radius 1 is 1.22 bits per heavy atom. The number of rotatable bonds is 7. The molecule has 0 aliphatic carbocycles. The lowest BCUT2D eigenvalue weighted by atomic mass is 9.78. The van der Waals surface area contributed by atoms with Gasteiger partial charge in [0.1, 0.15) is 5.75 Å². The number of benzene rings is 1. The predicted octanol–water partition coefficient (Wildman–Crippen LogP) is 2.06. The molecular formula is C18H28N2O3. The summed E-state index contributed by atoms with van der Waals surface area (Å²) in [4.78, 5) is 15.1. The normalized spacial score (nSPS) is 16.8. The van der Waals surface area contributed by atoms with Crippen LogP contribution in [0.5, 0.6) is 5.75 Å². The fraction of sp³-hybridized carbons (Fsp3) is 0.611. The van der Waals surface area contributed by atoms with E-state index in [4.69, 9.17) is 9.47 Å². The highest BCUT2D eigenvalue weighted by atomic mass is 16.5. The van der Waals surface area contributed by atoms with Gasteiger partial charge in [-0.05, 0) is 50.6 Å². The fourth-order valence-corrected chi connectivity index (χ4v) is 3.22. The average Bonchev–Trinajstić information content (AvgIpc) is 2.60. The SMILES string of the molecule is CCN(Cc1ccc(OC)cc1)C(=O)C1(COC)CCNCC1. The van der Waals surface area contributed by atoms with Gasteiger partial charge in [0.25, 0.3) is 0 Å². The van der Waals surface area contributed by atoms with Crippen molar-refractivity contribution in [3.63, 3.8) is 0 Å². The molecular weight excluding hydrogens is 292 g/mol. The molecule has 128 valence electrons. The number of carbonyl (C=O) groups is 1. The molecule has 0 spiro atoms. The zero-order valence-electron chi connectivity index (χ0n) is 14.4. The molecule has 1 aromatic carbocycles. The summed E-state index contributed by atoms with van der Waals surface area (Å²) in [6.45, 7) is 5.59. The van der Waals surface area contributed by atoms with Crippen molar-refractivity contribution in [3.05, 3.63) is 29.8 Å². The van der Waals surface area contributed by atoms with Crippen LogP contribution in [0.25, 0.3) is 0 Å². The standard InChI is InChI=1S/C18H28N2O3/c1-4-20(13-15-5-7-16(23-3)8-6-15)17(21)18(14-22-2)9-11-19-12-10-18/h5-8,19H,4,9-14H2,1-3H3. The molecule has 1 aliphatic rings. The summed E-state index contributed by atoms with van der Waals surface area (Å²) in [5, 5.41) is 3.33. The minimum atomic E-state index is -0.386. The Hall–Kier alpha value is -1.59. The van der Waals surface area contributed by atoms with Gasteiger partial charge in [-0.25, -0.2) is 0 Å². The molecule has 2 rings (SSSR count). The van der Waals surface area contributed by atoms with Crippen molar-refractivity contribution in [3.8, 4) is 5.75 Å². The number of piperidine rings is 1. The van der Waals surface area contributed by atoms with E-state index >= 15 is 0 Å². The Kier molecular flexibility index (Phi) is 6.42. The molecule has 0 bridgehead atoms. The smallest absolute Gasteiger partial charge is 0.231 e. The Morgan fingerprint density at radius 3 is 2.39 bits per heavy atom. The van der Waals surface area contributed by atoms with E-state index in [-0.39, 0.29) is 11.3 Å². The van der Waals surface area contributed by atoms with E-state index in [1.165, 1.54) is 0 Å². The van der Waals surface area contributed by atoms with Crippen LogP contribution < -0.4 is 10.1 Å². The van der Waals surface area contributed by atoms with Crippen molar-refractivity contribution in [1.29, 1.82) is 0 Å². The summed E-state index contributed by atoms with van der Waals surface area (Å²) < 4.78 is 10.6. The Bertz CT molecular complexity index is 490. The zero-order valence-corrected chi connectivity index (χ0v) is 14.4. The quantitative estimate of drug-likeness (QED) is 0.835. The molecule has 1 N–H and O–H groups in total. The summed E-state index contributed by atoms with van der Waals surface area (Å²) in [6.07, 6.45) is 1.66. The number of hydrogen-bond donors (Lipinski definition) is 1. The van der Waals surface area contributed by atoms with Gasteiger partial charge in [-0.3, -0.25) is 4.79 Å². The summed E-state index contributed by atoms with van der Waals surface area (Å²) >= 11 is 0. The van der Waals surface area contributed by atoms with Crippen molar-refractivity contribution < 1.29 is 14.3 Å². The molecule has 5 nitrogen and oxygen atoms in total. The minimum absolute atomic E-state index is 0.208. The van der Waals surface area contributed by atoms with Gasteiger partial charge in [-0.15, -0.1) is 0 Å². The maximum Gasteiger partial charge on any atom is 0.231 e. The van der Waals surface area contributed by atoms with E-state index in [0.717, 1.165) is 37.2 Å². The van der Waals surface area contributed by atoms with Crippen molar-refractivity contribution in [2.45, 2.75) is 26.3 Å². The van der Waals surface area contributed by atoms with Gasteiger partial charge in [-0.2, -0.15) is 0 Å². The number of ether oxygens (including phenoxy) is 2. The predicted molar refractivity (Wildman–Crippen MR) is 90.5 cm³/mol. The van der Waals surface area contributed by atoms with Crippen LogP contribution in [0.3, 0.4) is 0 Å². The molecule has 1 aliphatic heterocycles. The number of carbonyl (C=O) groups excluding carboxylic acids is 1. The van der Waals surface area contributed by atoms with Crippen LogP contribution in [0.2, 0.25) is 0 Å². The van der Waals surface area contributed by atoms with E-state index in [0.29, 0.717) is 19.7 Å². The molecule has 1 amide bonds. The van der Waals surface area contributed by atoms with Gasteiger partial charge < -0.3 is 19.7 Å². The van der Waals surface area contributed by atoms with Gasteiger partial charge in [0, 0.05) is 20.2 Å². The highest BCUT2D eigenvalue weighted by molar-refractivity contribution is 5.83. The third-order valence-electron chi connectivity index (χ3n) is 4.64. The second kappa shape index (κ2) is 8.31. The Labute approximate surface area is 139 Å². The number of nitrogens with zero attached hydrogens (tertiary/aromatic N) is 1. The Balaban J connectivity index is 2.12. The topological polar surface area (TPSA) is 50.8 Å². The molecule has 0 aromatic heterocycles. The second-order valence-electron chi connectivity index (χ2n) is 6.13. The van der Waals surface area contributed by atoms with Gasteiger partial charge in [-0.1, -0.05) is 12.1 Å². The molecule has 23 heavy (non-hydrogen) atoms. The summed E-state index contributed by atoms with van der Waals surface area (Å²) in [6, 6.07) is 7.90. The van der Waals surface area contributed by atoms with Crippen LogP contribution in [-0.4, -0.2) is 51.3 Å². The lowest BCUT2D eigenvalue weighted by Gasteiger charge is -2.39. The number of methoxy groups -OCH3 is 2. The Morgan fingerprint density at radius 2 is 1.87 bits per heavy atom. The lowest BCUT2D eigenvalue weighted by molar-refractivity contribution is -0.148. The highest BCUT2D eigenvalue weighted by Gasteiger charge is 2.41. The molecule has 1 heterocycles. The molecule has 0 unspecified atom stereocenters. The fourth-order valence-electron chi connectivity index (χ4n) is 3.22. The number of nitrogens with one attached hydrogen (secondary N) is 1. The molecule has 1 fully saturated rings. The van der Waals surface area contributed by atoms with Crippen LogP contribution >= 0.6 is 0 Å². The number of amides is 1. The average molecular weight is 320 g/mol. The van der Waals surface area contributed by atoms with Gasteiger partial charge >= 0.3 is 0 Å². The molecule has 1 aromatic rings. The van der Waals surface area contributed by atoms with Crippen molar-refractivity contribution >= 4 is 5.91 Å². The molecule has 5 heteroatoms. The third-order valence-corrected chi connectivity index (χ3v) is 4.64. The summed E-state index contributed by atoms with van der Waals surface area (Å²) in [5.41, 5.74) is 0.727. The van der Waals surface area contributed by atoms with Crippen LogP contribution in [0.1, 0.15) is 25.3 Å². The van der Waals surface area contributed by atoms with Crippen LogP contribution in [0.15, 0.2) is 24.3 Å². The van der Waals surface area contributed by atoms with Crippen molar-refractivity contribution in [2.75, 3.05) is 40.5 Å². The van der Waals surface area contributed by atoms with Gasteiger partial charge in [0.05, 0.1) is 19.1 Å². The zero-order chi connectivity index (χ0) is 16.7. The van der Waals surface area contributed by atoms with Crippen molar-refractivity contribution in [1.82, 2.24) is 10.2 Å². The highest BCUT2D eigenvalue weighted by Crippen LogP contribution is 2.32. The molecule has 0 saturated carbocycles. The molecule has 0 atom stereocenters. The monoisotopic (exact) mass is 320 g/mol. The first kappa shape index (κ1) is 17.8. The lowest BCUT2D eigenvalue weighted by Crippen LogP contribution is -2.51. The first-order valence-corrected chi connectivity index (χ1v) is 8.27. The van der Waals surface area contributed by atoms with Crippen molar-refractivity contribution in [2.24, 2.45) is 5.41 Å². The van der Waals surface area contributed by atoms with E-state index in [9.17, 15) is 4.79 Å². The van der Waals surface area contributed by atoms with E-state index in [1.54, 1.807) is 14.2 Å². The molecule has 1 saturated heterocycles. The van der Waals surface area contributed by atoms with E-state index in [1.807, 2.05) is 36.1 Å². The first-order valence-electron chi connectivity index (χ1n) is 8.27.